The van der Waals surface area contributed by atoms with Crippen molar-refractivity contribution in [3.05, 3.63) is 54.1 Å². The van der Waals surface area contributed by atoms with Crippen LogP contribution in [-0.4, -0.2) is 19.3 Å². The fourth-order valence-electron chi connectivity index (χ4n) is 2.07. The van der Waals surface area contributed by atoms with E-state index >= 15 is 0 Å². The summed E-state index contributed by atoms with van der Waals surface area (Å²) in [6.45, 7) is 7.72. The molecule has 0 aromatic heterocycles. The molecule has 1 N–H and O–H groups in total. The highest BCUT2D eigenvalue weighted by Crippen LogP contribution is 2.18. The van der Waals surface area contributed by atoms with Gasteiger partial charge in [0.15, 0.2) is 0 Å². The van der Waals surface area contributed by atoms with Crippen LogP contribution >= 0.6 is 0 Å². The average Bonchev–Trinajstić information content (AvgIpc) is 2.53. The molecule has 1 atom stereocenters. The molecule has 0 aliphatic rings. The molecular weight excluding hydrogens is 274 g/mol. The first-order valence-corrected chi connectivity index (χ1v) is 7.87. The zero-order valence-electron chi connectivity index (χ0n) is 13.6. The maximum Gasteiger partial charge on any atom is 0.121 e. The van der Waals surface area contributed by atoms with E-state index in [1.54, 1.807) is 0 Å². The first kappa shape index (κ1) is 16.2. The summed E-state index contributed by atoms with van der Waals surface area (Å²) >= 11 is 0. The van der Waals surface area contributed by atoms with E-state index in [-0.39, 0.29) is 6.10 Å². The van der Waals surface area contributed by atoms with Crippen LogP contribution in [0.2, 0.25) is 0 Å². The topological polar surface area (TPSA) is 30.5 Å². The van der Waals surface area contributed by atoms with Crippen molar-refractivity contribution in [2.75, 3.05) is 18.5 Å². The zero-order chi connectivity index (χ0) is 15.8. The summed E-state index contributed by atoms with van der Waals surface area (Å²) in [5.74, 6) is 1.80. The summed E-state index contributed by atoms with van der Waals surface area (Å²) < 4.78 is 11.5. The molecule has 0 aliphatic carbocycles. The molecule has 0 aliphatic heterocycles. The molecule has 2 aromatic carbocycles. The molecule has 0 bridgehead atoms. The Morgan fingerprint density at radius 2 is 1.82 bits per heavy atom. The smallest absolute Gasteiger partial charge is 0.121 e. The lowest BCUT2D eigenvalue weighted by molar-refractivity contribution is 0.234. The number of ether oxygens (including phenoxy) is 2. The molecule has 0 saturated carbocycles. The number of hydrogen-bond acceptors (Lipinski definition) is 3. The predicted molar refractivity (Wildman–Crippen MR) is 92.0 cm³/mol. The predicted octanol–water partition coefficient (Wildman–Crippen LogP) is 4.66. The van der Waals surface area contributed by atoms with Crippen LogP contribution < -0.4 is 14.8 Å². The number of rotatable bonds is 8. The fraction of sp³-hybridized carbons (Fsp3) is 0.368. The molecule has 22 heavy (non-hydrogen) atoms. The molecule has 1 unspecified atom stereocenters. The van der Waals surface area contributed by atoms with Crippen molar-refractivity contribution in [1.82, 2.24) is 0 Å². The summed E-state index contributed by atoms with van der Waals surface area (Å²) in [7, 11) is 0. The lowest BCUT2D eigenvalue weighted by Crippen LogP contribution is -2.22. The number of benzene rings is 2. The second-order valence-electron chi connectivity index (χ2n) is 5.50. The largest absolute Gasteiger partial charge is 0.494 e. The van der Waals surface area contributed by atoms with Crippen LogP contribution in [0.25, 0.3) is 0 Å². The normalized spacial score (nSPS) is 11.8. The van der Waals surface area contributed by atoms with Gasteiger partial charge < -0.3 is 14.8 Å². The fourth-order valence-corrected chi connectivity index (χ4v) is 2.07. The van der Waals surface area contributed by atoms with Crippen molar-refractivity contribution >= 4 is 5.69 Å². The minimum Gasteiger partial charge on any atom is -0.494 e. The van der Waals surface area contributed by atoms with E-state index in [1.807, 2.05) is 36.4 Å². The van der Waals surface area contributed by atoms with Gasteiger partial charge in [0, 0.05) is 11.8 Å². The lowest BCUT2D eigenvalue weighted by Gasteiger charge is -2.16. The van der Waals surface area contributed by atoms with Crippen molar-refractivity contribution in [2.45, 2.75) is 33.3 Å². The van der Waals surface area contributed by atoms with E-state index in [1.165, 1.54) is 5.56 Å². The Labute approximate surface area is 133 Å². The van der Waals surface area contributed by atoms with E-state index in [0.717, 1.165) is 36.8 Å². The molecule has 0 radical (unpaired) electrons. The molecule has 0 saturated heterocycles. The van der Waals surface area contributed by atoms with E-state index in [9.17, 15) is 0 Å². The van der Waals surface area contributed by atoms with E-state index in [4.69, 9.17) is 9.47 Å². The molecule has 3 heteroatoms. The third kappa shape index (κ3) is 5.32. The molecule has 0 fully saturated rings. The number of nitrogens with one attached hydrogen (secondary N) is 1. The van der Waals surface area contributed by atoms with Gasteiger partial charge in [-0.2, -0.15) is 0 Å². The average molecular weight is 299 g/mol. The first-order valence-electron chi connectivity index (χ1n) is 7.87. The van der Waals surface area contributed by atoms with Crippen molar-refractivity contribution in [1.29, 1.82) is 0 Å². The summed E-state index contributed by atoms with van der Waals surface area (Å²) in [6.07, 6.45) is 1.10. The van der Waals surface area contributed by atoms with E-state index in [2.05, 4.69) is 38.2 Å². The van der Waals surface area contributed by atoms with Crippen LogP contribution in [0.5, 0.6) is 11.5 Å². The molecule has 0 spiro atoms. The highest BCUT2D eigenvalue weighted by atomic mass is 16.5. The highest BCUT2D eigenvalue weighted by molar-refractivity contribution is 5.48. The van der Waals surface area contributed by atoms with Crippen molar-refractivity contribution < 1.29 is 9.47 Å². The maximum atomic E-state index is 5.89. The van der Waals surface area contributed by atoms with E-state index < -0.39 is 0 Å². The van der Waals surface area contributed by atoms with Gasteiger partial charge in [-0.3, -0.25) is 0 Å². The van der Waals surface area contributed by atoms with E-state index in [0.29, 0.717) is 0 Å². The van der Waals surface area contributed by atoms with Gasteiger partial charge in [-0.25, -0.2) is 0 Å². The molecule has 0 heterocycles. The number of aryl methyl sites for hydroxylation is 1. The summed E-state index contributed by atoms with van der Waals surface area (Å²) in [4.78, 5) is 0. The zero-order valence-corrected chi connectivity index (χ0v) is 13.6. The minimum atomic E-state index is 0.0860. The van der Waals surface area contributed by atoms with Crippen LogP contribution in [0.15, 0.2) is 48.5 Å². The Balaban J connectivity index is 1.82. The quantitative estimate of drug-likeness (QED) is 0.768. The second kappa shape index (κ2) is 8.32. The summed E-state index contributed by atoms with van der Waals surface area (Å²) in [5, 5.41) is 3.39. The highest BCUT2D eigenvalue weighted by Gasteiger charge is 2.04. The van der Waals surface area contributed by atoms with Gasteiger partial charge in [-0.15, -0.1) is 0 Å². The summed E-state index contributed by atoms with van der Waals surface area (Å²) in [5.41, 5.74) is 2.29. The molecule has 0 amide bonds. The molecule has 118 valence electrons. The van der Waals surface area contributed by atoms with Crippen LogP contribution in [0, 0.1) is 6.92 Å². The van der Waals surface area contributed by atoms with Gasteiger partial charge in [-0.1, -0.05) is 30.7 Å². The Kier molecular flexibility index (Phi) is 6.13. The van der Waals surface area contributed by atoms with Crippen molar-refractivity contribution in [3.8, 4) is 11.5 Å². The number of hydrogen-bond donors (Lipinski definition) is 1. The minimum absolute atomic E-state index is 0.0860. The maximum absolute atomic E-state index is 5.89. The molecule has 2 aromatic rings. The van der Waals surface area contributed by atoms with Gasteiger partial charge >= 0.3 is 0 Å². The monoisotopic (exact) mass is 299 g/mol. The first-order chi connectivity index (χ1) is 10.7. The Morgan fingerprint density at radius 1 is 1.05 bits per heavy atom. The van der Waals surface area contributed by atoms with Crippen LogP contribution in [-0.2, 0) is 0 Å². The van der Waals surface area contributed by atoms with Crippen LogP contribution in [0.1, 0.15) is 25.8 Å². The lowest BCUT2D eigenvalue weighted by atomic mass is 10.2. The molecular formula is C19H25NO2. The van der Waals surface area contributed by atoms with Crippen molar-refractivity contribution in [2.24, 2.45) is 0 Å². The molecule has 2 rings (SSSR count). The van der Waals surface area contributed by atoms with Gasteiger partial charge in [0.2, 0.25) is 0 Å². The third-order valence-corrected chi connectivity index (χ3v) is 3.26. The van der Waals surface area contributed by atoms with Crippen LogP contribution in [0.4, 0.5) is 5.69 Å². The second-order valence-corrected chi connectivity index (χ2v) is 5.50. The Morgan fingerprint density at radius 3 is 2.55 bits per heavy atom. The standard InChI is InChI=1S/C19H25NO2/c1-4-12-21-19-7-5-6-17(13-19)20-14-16(3)22-18-10-8-15(2)9-11-18/h5-11,13,16,20H,4,12,14H2,1-3H3. The molecule has 3 nitrogen and oxygen atoms in total. The SMILES string of the molecule is CCCOc1cccc(NCC(C)Oc2ccc(C)cc2)c1. The summed E-state index contributed by atoms with van der Waals surface area (Å²) in [6, 6.07) is 16.2. The Bertz CT molecular complexity index is 566. The third-order valence-electron chi connectivity index (χ3n) is 3.26. The van der Waals surface area contributed by atoms with Gasteiger partial charge in [0.1, 0.15) is 17.6 Å². The van der Waals surface area contributed by atoms with Crippen molar-refractivity contribution in [3.63, 3.8) is 0 Å². The van der Waals surface area contributed by atoms with Gasteiger partial charge in [-0.05, 0) is 44.5 Å². The Hall–Kier alpha value is -2.16. The van der Waals surface area contributed by atoms with Gasteiger partial charge in [0.05, 0.1) is 13.2 Å². The number of anilines is 1. The van der Waals surface area contributed by atoms with Crippen LogP contribution in [0.3, 0.4) is 0 Å². The van der Waals surface area contributed by atoms with Gasteiger partial charge in [0.25, 0.3) is 0 Å².